The topological polar surface area (TPSA) is 29.5 Å². The Balaban J connectivity index is 2.89. The van der Waals surface area contributed by atoms with E-state index in [1.54, 1.807) is 0 Å². The molecule has 0 radical (unpaired) electrons. The summed E-state index contributed by atoms with van der Waals surface area (Å²) in [5.74, 6) is -0.333. The maximum atomic E-state index is 11.3. The summed E-state index contributed by atoms with van der Waals surface area (Å²) in [6.45, 7) is 10.7. The SMILES string of the molecule is C=CC(=O)OC1(C)CCCN(C)C1(C)C. The summed E-state index contributed by atoms with van der Waals surface area (Å²) in [5.41, 5.74) is -0.560. The van der Waals surface area contributed by atoms with Crippen LogP contribution in [0.1, 0.15) is 33.6 Å². The Hall–Kier alpha value is -0.830. The van der Waals surface area contributed by atoms with E-state index < -0.39 is 5.60 Å². The first-order chi connectivity index (χ1) is 6.83. The third kappa shape index (κ3) is 2.07. The number of likely N-dealkylation sites (tertiary alicyclic amines) is 1. The van der Waals surface area contributed by atoms with Gasteiger partial charge in [0, 0.05) is 6.08 Å². The number of hydrogen-bond donors (Lipinski definition) is 0. The van der Waals surface area contributed by atoms with Crippen molar-refractivity contribution in [1.82, 2.24) is 4.90 Å². The third-order valence-electron chi connectivity index (χ3n) is 3.89. The first-order valence-corrected chi connectivity index (χ1v) is 5.40. The van der Waals surface area contributed by atoms with Crippen LogP contribution in [0.2, 0.25) is 0 Å². The number of carbonyl (C=O) groups is 1. The number of likely N-dealkylation sites (N-methyl/N-ethyl adjacent to an activating group) is 1. The van der Waals surface area contributed by atoms with E-state index in [1.807, 2.05) is 6.92 Å². The molecule has 1 atom stereocenters. The molecule has 3 nitrogen and oxygen atoms in total. The Kier molecular flexibility index (Phi) is 3.24. The molecule has 86 valence electrons. The number of piperidine rings is 1. The molecule has 0 bridgehead atoms. The molecule has 1 aliphatic rings. The van der Waals surface area contributed by atoms with E-state index in [0.29, 0.717) is 0 Å². The maximum absolute atomic E-state index is 11.3. The fourth-order valence-electron chi connectivity index (χ4n) is 2.08. The molecule has 1 saturated heterocycles. The van der Waals surface area contributed by atoms with E-state index >= 15 is 0 Å². The van der Waals surface area contributed by atoms with Gasteiger partial charge in [-0.25, -0.2) is 4.79 Å². The van der Waals surface area contributed by atoms with Crippen LogP contribution in [0.5, 0.6) is 0 Å². The zero-order valence-electron chi connectivity index (χ0n) is 10.2. The lowest BCUT2D eigenvalue weighted by Crippen LogP contribution is -2.63. The van der Waals surface area contributed by atoms with E-state index in [-0.39, 0.29) is 11.5 Å². The molecule has 1 aliphatic heterocycles. The summed E-state index contributed by atoms with van der Waals surface area (Å²) in [4.78, 5) is 13.6. The van der Waals surface area contributed by atoms with Crippen LogP contribution in [0.4, 0.5) is 0 Å². The highest BCUT2D eigenvalue weighted by atomic mass is 16.6. The second-order valence-electron chi connectivity index (χ2n) is 4.94. The second-order valence-corrected chi connectivity index (χ2v) is 4.94. The monoisotopic (exact) mass is 211 g/mol. The van der Waals surface area contributed by atoms with E-state index in [9.17, 15) is 4.79 Å². The van der Waals surface area contributed by atoms with Crippen LogP contribution in [0.15, 0.2) is 12.7 Å². The highest BCUT2D eigenvalue weighted by Gasteiger charge is 2.48. The minimum atomic E-state index is -0.425. The lowest BCUT2D eigenvalue weighted by molar-refractivity contribution is -0.176. The minimum absolute atomic E-state index is 0.135. The van der Waals surface area contributed by atoms with Crippen molar-refractivity contribution in [3.63, 3.8) is 0 Å². The molecule has 0 aromatic rings. The summed E-state index contributed by atoms with van der Waals surface area (Å²) in [6.07, 6.45) is 3.20. The lowest BCUT2D eigenvalue weighted by atomic mass is 9.76. The van der Waals surface area contributed by atoms with Crippen molar-refractivity contribution in [1.29, 1.82) is 0 Å². The quantitative estimate of drug-likeness (QED) is 0.516. The lowest BCUT2D eigenvalue weighted by Gasteiger charge is -2.52. The fourth-order valence-corrected chi connectivity index (χ4v) is 2.08. The Labute approximate surface area is 92.1 Å². The fraction of sp³-hybridized carbons (Fsp3) is 0.750. The van der Waals surface area contributed by atoms with Crippen molar-refractivity contribution >= 4 is 5.97 Å². The molecule has 1 heterocycles. The zero-order valence-corrected chi connectivity index (χ0v) is 10.2. The van der Waals surface area contributed by atoms with Gasteiger partial charge in [-0.3, -0.25) is 4.90 Å². The van der Waals surface area contributed by atoms with Crippen molar-refractivity contribution in [2.75, 3.05) is 13.6 Å². The summed E-state index contributed by atoms with van der Waals surface area (Å²) < 4.78 is 5.52. The molecular weight excluding hydrogens is 190 g/mol. The zero-order chi connectivity index (χ0) is 11.7. The Morgan fingerprint density at radius 1 is 1.47 bits per heavy atom. The van der Waals surface area contributed by atoms with Gasteiger partial charge in [0.15, 0.2) is 0 Å². The van der Waals surface area contributed by atoms with Gasteiger partial charge in [0.1, 0.15) is 5.60 Å². The number of esters is 1. The Morgan fingerprint density at radius 2 is 2.07 bits per heavy atom. The van der Waals surface area contributed by atoms with Gasteiger partial charge in [-0.1, -0.05) is 6.58 Å². The second kappa shape index (κ2) is 3.97. The van der Waals surface area contributed by atoms with Gasteiger partial charge >= 0.3 is 5.97 Å². The van der Waals surface area contributed by atoms with E-state index in [2.05, 4.69) is 32.4 Å². The molecule has 1 fully saturated rings. The number of hydrogen-bond acceptors (Lipinski definition) is 3. The molecule has 1 rings (SSSR count). The highest BCUT2D eigenvalue weighted by Crippen LogP contribution is 2.38. The first-order valence-electron chi connectivity index (χ1n) is 5.40. The summed E-state index contributed by atoms with van der Waals surface area (Å²) in [7, 11) is 2.07. The molecular formula is C12H21NO2. The highest BCUT2D eigenvalue weighted by molar-refractivity contribution is 5.81. The predicted octanol–water partition coefficient (Wildman–Crippen LogP) is 1.98. The third-order valence-corrected chi connectivity index (χ3v) is 3.89. The van der Waals surface area contributed by atoms with Crippen LogP contribution in [0.25, 0.3) is 0 Å². The Morgan fingerprint density at radius 3 is 2.60 bits per heavy atom. The van der Waals surface area contributed by atoms with Crippen molar-refractivity contribution in [3.8, 4) is 0 Å². The van der Waals surface area contributed by atoms with Crippen molar-refractivity contribution in [2.45, 2.75) is 44.8 Å². The van der Waals surface area contributed by atoms with Crippen LogP contribution in [-0.2, 0) is 9.53 Å². The maximum Gasteiger partial charge on any atom is 0.330 e. The smallest absolute Gasteiger partial charge is 0.330 e. The number of rotatable bonds is 2. The molecule has 0 amide bonds. The summed E-state index contributed by atoms with van der Waals surface area (Å²) in [6, 6.07) is 0. The van der Waals surface area contributed by atoms with Crippen LogP contribution in [0, 0.1) is 0 Å². The van der Waals surface area contributed by atoms with Gasteiger partial charge in [-0.2, -0.15) is 0 Å². The number of carbonyl (C=O) groups excluding carboxylic acids is 1. The van der Waals surface area contributed by atoms with Gasteiger partial charge < -0.3 is 4.74 Å². The van der Waals surface area contributed by atoms with Crippen molar-refractivity contribution in [3.05, 3.63) is 12.7 Å². The molecule has 3 heteroatoms. The van der Waals surface area contributed by atoms with Gasteiger partial charge in [0.2, 0.25) is 0 Å². The van der Waals surface area contributed by atoms with Gasteiger partial charge in [0.25, 0.3) is 0 Å². The van der Waals surface area contributed by atoms with Crippen LogP contribution < -0.4 is 0 Å². The Bertz CT molecular complexity index is 273. The van der Waals surface area contributed by atoms with Crippen molar-refractivity contribution < 1.29 is 9.53 Å². The van der Waals surface area contributed by atoms with Gasteiger partial charge in [-0.15, -0.1) is 0 Å². The molecule has 1 unspecified atom stereocenters. The normalized spacial score (nSPS) is 30.9. The molecule has 0 N–H and O–H groups in total. The summed E-state index contributed by atoms with van der Waals surface area (Å²) in [5, 5.41) is 0. The van der Waals surface area contributed by atoms with Gasteiger partial charge in [0.05, 0.1) is 5.54 Å². The van der Waals surface area contributed by atoms with Gasteiger partial charge in [-0.05, 0) is 47.2 Å². The summed E-state index contributed by atoms with van der Waals surface area (Å²) >= 11 is 0. The minimum Gasteiger partial charge on any atom is -0.454 e. The van der Waals surface area contributed by atoms with E-state index in [4.69, 9.17) is 4.74 Å². The largest absolute Gasteiger partial charge is 0.454 e. The predicted molar refractivity (Wildman–Crippen MR) is 60.6 cm³/mol. The molecule has 15 heavy (non-hydrogen) atoms. The van der Waals surface area contributed by atoms with Crippen LogP contribution in [-0.4, -0.2) is 35.6 Å². The average Bonchev–Trinajstić information content (AvgIpc) is 2.15. The molecule has 0 aliphatic carbocycles. The van der Waals surface area contributed by atoms with Crippen molar-refractivity contribution in [2.24, 2.45) is 0 Å². The number of ether oxygens (including phenoxy) is 1. The molecule has 0 saturated carbocycles. The first kappa shape index (κ1) is 12.2. The molecule has 0 spiro atoms. The number of nitrogens with zero attached hydrogens (tertiary/aromatic N) is 1. The molecule has 0 aromatic carbocycles. The standard InChI is InChI=1S/C12H21NO2/c1-6-10(14)15-12(4)8-7-9-13(5)11(12,2)3/h6H,1,7-9H2,2-5H3. The van der Waals surface area contributed by atoms with Crippen LogP contribution in [0.3, 0.4) is 0 Å². The van der Waals surface area contributed by atoms with Crippen LogP contribution >= 0.6 is 0 Å². The average molecular weight is 211 g/mol. The molecule has 0 aromatic heterocycles. The van der Waals surface area contributed by atoms with E-state index in [1.165, 1.54) is 6.08 Å². The van der Waals surface area contributed by atoms with E-state index in [0.717, 1.165) is 19.4 Å².